The van der Waals surface area contributed by atoms with Gasteiger partial charge < -0.3 is 15.8 Å². The highest BCUT2D eigenvalue weighted by molar-refractivity contribution is 5.95. The molecule has 1 saturated carbocycles. The lowest BCUT2D eigenvalue weighted by molar-refractivity contribution is -0.121. The van der Waals surface area contributed by atoms with E-state index in [1.54, 1.807) is 25.3 Å². The van der Waals surface area contributed by atoms with Gasteiger partial charge in [-0.15, -0.1) is 12.4 Å². The number of halogens is 1. The molecule has 1 aliphatic rings. The molecule has 1 aliphatic carbocycles. The number of benzene rings is 1. The Morgan fingerprint density at radius 3 is 2.57 bits per heavy atom. The molecule has 0 spiro atoms. The van der Waals surface area contributed by atoms with Crippen molar-refractivity contribution in [2.24, 2.45) is 11.8 Å². The van der Waals surface area contributed by atoms with Crippen molar-refractivity contribution < 1.29 is 9.53 Å². The van der Waals surface area contributed by atoms with Crippen LogP contribution in [0.2, 0.25) is 0 Å². The minimum atomic E-state index is 0. The number of ether oxygens (including phenoxy) is 1. The number of carbonyl (C=O) groups excluding carboxylic acids is 1. The van der Waals surface area contributed by atoms with Gasteiger partial charge in [-0.25, -0.2) is 0 Å². The van der Waals surface area contributed by atoms with Crippen molar-refractivity contribution in [2.75, 3.05) is 18.2 Å². The SMILES string of the molecule is CCC1CCC(C(=O)Nc2cc(OC)ccc2N)CC1.Cl. The van der Waals surface area contributed by atoms with Gasteiger partial charge in [0.1, 0.15) is 5.75 Å². The van der Waals surface area contributed by atoms with E-state index in [2.05, 4.69) is 12.2 Å². The number of amides is 1. The molecule has 0 heterocycles. The van der Waals surface area contributed by atoms with Gasteiger partial charge in [-0.1, -0.05) is 13.3 Å². The van der Waals surface area contributed by atoms with Gasteiger partial charge in [0.15, 0.2) is 0 Å². The van der Waals surface area contributed by atoms with Crippen molar-refractivity contribution in [3.63, 3.8) is 0 Å². The molecule has 0 atom stereocenters. The summed E-state index contributed by atoms with van der Waals surface area (Å²) in [6.45, 7) is 2.22. The molecule has 5 heteroatoms. The standard InChI is InChI=1S/C16H24N2O2.ClH/c1-3-11-4-6-12(7-5-11)16(19)18-15-10-13(20-2)8-9-14(15)17;/h8-12H,3-7,17H2,1-2H3,(H,18,19);1H. The van der Waals surface area contributed by atoms with Crippen LogP contribution >= 0.6 is 12.4 Å². The van der Waals surface area contributed by atoms with Crippen LogP contribution in [0.15, 0.2) is 18.2 Å². The van der Waals surface area contributed by atoms with E-state index in [1.807, 2.05) is 0 Å². The fraction of sp³-hybridized carbons (Fsp3) is 0.562. The lowest BCUT2D eigenvalue weighted by Gasteiger charge is -2.27. The van der Waals surface area contributed by atoms with E-state index in [0.29, 0.717) is 17.1 Å². The van der Waals surface area contributed by atoms with Crippen molar-refractivity contribution in [3.05, 3.63) is 18.2 Å². The van der Waals surface area contributed by atoms with Crippen LogP contribution in [0.4, 0.5) is 11.4 Å². The van der Waals surface area contributed by atoms with E-state index < -0.39 is 0 Å². The van der Waals surface area contributed by atoms with Crippen molar-refractivity contribution in [2.45, 2.75) is 39.0 Å². The first-order chi connectivity index (χ1) is 9.63. The lowest BCUT2D eigenvalue weighted by Crippen LogP contribution is -2.27. The predicted octanol–water partition coefficient (Wildman–Crippen LogP) is 3.85. The molecule has 3 N–H and O–H groups in total. The molecule has 1 fully saturated rings. The zero-order valence-corrected chi connectivity index (χ0v) is 13.5. The van der Waals surface area contributed by atoms with Crippen LogP contribution in [0.1, 0.15) is 39.0 Å². The smallest absolute Gasteiger partial charge is 0.227 e. The van der Waals surface area contributed by atoms with Crippen LogP contribution in [0, 0.1) is 11.8 Å². The largest absolute Gasteiger partial charge is 0.497 e. The van der Waals surface area contributed by atoms with E-state index in [0.717, 1.165) is 31.6 Å². The van der Waals surface area contributed by atoms with Crippen molar-refractivity contribution >= 4 is 29.7 Å². The average molecular weight is 313 g/mol. The second kappa shape index (κ2) is 8.13. The molecule has 21 heavy (non-hydrogen) atoms. The van der Waals surface area contributed by atoms with Gasteiger partial charge in [0.2, 0.25) is 5.91 Å². The molecular formula is C16H25ClN2O2. The molecule has 118 valence electrons. The van der Waals surface area contributed by atoms with E-state index >= 15 is 0 Å². The molecule has 4 nitrogen and oxygen atoms in total. The minimum Gasteiger partial charge on any atom is -0.497 e. The number of anilines is 2. The van der Waals surface area contributed by atoms with Crippen molar-refractivity contribution in [1.29, 1.82) is 0 Å². The Morgan fingerprint density at radius 1 is 1.33 bits per heavy atom. The fourth-order valence-corrected chi connectivity index (χ4v) is 2.84. The molecule has 1 aromatic rings. The zero-order chi connectivity index (χ0) is 14.5. The third kappa shape index (κ3) is 4.53. The first kappa shape index (κ1) is 17.6. The average Bonchev–Trinajstić information content (AvgIpc) is 2.49. The Hall–Kier alpha value is -1.42. The zero-order valence-electron chi connectivity index (χ0n) is 12.7. The van der Waals surface area contributed by atoms with Crippen LogP contribution in [0.3, 0.4) is 0 Å². The number of nitrogens with two attached hydrogens (primary N) is 1. The van der Waals surface area contributed by atoms with Crippen LogP contribution in [0.5, 0.6) is 5.75 Å². The van der Waals surface area contributed by atoms with Gasteiger partial charge >= 0.3 is 0 Å². The maximum atomic E-state index is 12.3. The summed E-state index contributed by atoms with van der Waals surface area (Å²) in [4.78, 5) is 12.3. The molecule has 1 amide bonds. The topological polar surface area (TPSA) is 64.3 Å². The third-order valence-corrected chi connectivity index (χ3v) is 4.31. The third-order valence-electron chi connectivity index (χ3n) is 4.31. The number of hydrogen-bond donors (Lipinski definition) is 2. The predicted molar refractivity (Wildman–Crippen MR) is 89.0 cm³/mol. The highest BCUT2D eigenvalue weighted by Crippen LogP contribution is 2.32. The highest BCUT2D eigenvalue weighted by atomic mass is 35.5. The minimum absolute atomic E-state index is 0. The number of methoxy groups -OCH3 is 1. The molecule has 0 radical (unpaired) electrons. The summed E-state index contributed by atoms with van der Waals surface area (Å²) in [5.41, 5.74) is 7.11. The summed E-state index contributed by atoms with van der Waals surface area (Å²) < 4.78 is 5.16. The van der Waals surface area contributed by atoms with E-state index in [1.165, 1.54) is 6.42 Å². The van der Waals surface area contributed by atoms with E-state index in [4.69, 9.17) is 10.5 Å². The van der Waals surface area contributed by atoms with Gasteiger partial charge in [-0.2, -0.15) is 0 Å². The molecule has 0 saturated heterocycles. The molecule has 0 unspecified atom stereocenters. The molecule has 0 aliphatic heterocycles. The first-order valence-corrected chi connectivity index (χ1v) is 7.38. The highest BCUT2D eigenvalue weighted by Gasteiger charge is 2.25. The Labute approximate surface area is 132 Å². The summed E-state index contributed by atoms with van der Waals surface area (Å²) in [6.07, 6.45) is 5.49. The summed E-state index contributed by atoms with van der Waals surface area (Å²) in [6, 6.07) is 5.31. The quantitative estimate of drug-likeness (QED) is 0.830. The summed E-state index contributed by atoms with van der Waals surface area (Å²) in [7, 11) is 1.60. The maximum absolute atomic E-state index is 12.3. The van der Waals surface area contributed by atoms with Crippen LogP contribution in [-0.2, 0) is 4.79 Å². The van der Waals surface area contributed by atoms with E-state index in [9.17, 15) is 4.79 Å². The second-order valence-electron chi connectivity index (χ2n) is 5.57. The lowest BCUT2D eigenvalue weighted by atomic mass is 9.80. The van der Waals surface area contributed by atoms with Crippen LogP contribution in [0.25, 0.3) is 0 Å². The Bertz CT molecular complexity index is 471. The molecule has 0 aromatic heterocycles. The number of nitrogen functional groups attached to an aromatic ring is 1. The maximum Gasteiger partial charge on any atom is 0.227 e. The Balaban J connectivity index is 0.00000220. The van der Waals surface area contributed by atoms with Gasteiger partial charge in [-0.05, 0) is 43.7 Å². The van der Waals surface area contributed by atoms with Crippen molar-refractivity contribution in [3.8, 4) is 5.75 Å². The normalized spacial score (nSPS) is 21.2. The number of hydrogen-bond acceptors (Lipinski definition) is 3. The second-order valence-corrected chi connectivity index (χ2v) is 5.57. The first-order valence-electron chi connectivity index (χ1n) is 7.38. The van der Waals surface area contributed by atoms with Crippen molar-refractivity contribution in [1.82, 2.24) is 0 Å². The van der Waals surface area contributed by atoms with Gasteiger partial charge in [0.25, 0.3) is 0 Å². The number of rotatable bonds is 4. The monoisotopic (exact) mass is 312 g/mol. The van der Waals surface area contributed by atoms with Gasteiger partial charge in [0, 0.05) is 12.0 Å². The van der Waals surface area contributed by atoms with Crippen LogP contribution < -0.4 is 15.8 Å². The van der Waals surface area contributed by atoms with Gasteiger partial charge in [-0.3, -0.25) is 4.79 Å². The molecule has 2 rings (SSSR count). The summed E-state index contributed by atoms with van der Waals surface area (Å²) >= 11 is 0. The summed E-state index contributed by atoms with van der Waals surface area (Å²) in [5, 5.41) is 2.94. The number of carbonyl (C=O) groups is 1. The van der Waals surface area contributed by atoms with E-state index in [-0.39, 0.29) is 24.2 Å². The molecular weight excluding hydrogens is 288 g/mol. The van der Waals surface area contributed by atoms with Crippen LogP contribution in [-0.4, -0.2) is 13.0 Å². The Morgan fingerprint density at radius 2 is 2.00 bits per heavy atom. The Kier molecular flexibility index (Phi) is 6.82. The summed E-state index contributed by atoms with van der Waals surface area (Å²) in [5.74, 6) is 1.69. The fourth-order valence-electron chi connectivity index (χ4n) is 2.84. The van der Waals surface area contributed by atoms with Gasteiger partial charge in [0.05, 0.1) is 18.5 Å². The molecule has 0 bridgehead atoms. The molecule has 1 aromatic carbocycles. The number of nitrogens with one attached hydrogen (secondary N) is 1.